The van der Waals surface area contributed by atoms with Gasteiger partial charge in [0.2, 0.25) is 5.13 Å². The van der Waals surface area contributed by atoms with E-state index in [9.17, 15) is 0 Å². The number of thiazole rings is 1. The highest BCUT2D eigenvalue weighted by Crippen LogP contribution is 2.11. The van der Waals surface area contributed by atoms with E-state index < -0.39 is 0 Å². The summed E-state index contributed by atoms with van der Waals surface area (Å²) in [6.45, 7) is 0. The van der Waals surface area contributed by atoms with Crippen molar-refractivity contribution in [3.63, 3.8) is 0 Å². The van der Waals surface area contributed by atoms with Crippen molar-refractivity contribution in [2.75, 3.05) is 0 Å². The van der Waals surface area contributed by atoms with Crippen LogP contribution in [0.25, 0.3) is 0 Å². The quantitative estimate of drug-likeness (QED) is 0.500. The Morgan fingerprint density at radius 1 is 1.86 bits per heavy atom. The molecule has 3 nitrogen and oxygen atoms in total. The summed E-state index contributed by atoms with van der Waals surface area (Å²) in [5.74, 6) is 0. The Morgan fingerprint density at radius 2 is 2.71 bits per heavy atom. The van der Waals surface area contributed by atoms with E-state index in [2.05, 4.69) is 10.1 Å². The van der Waals surface area contributed by atoms with E-state index in [1.807, 2.05) is 0 Å². The summed E-state index contributed by atoms with van der Waals surface area (Å²) in [5.41, 5.74) is 8.00. The largest absolute Gasteiger partial charge is 0.231 e. The lowest BCUT2D eigenvalue weighted by atomic mass is 11.0. The average molecular weight is 112 g/mol. The van der Waals surface area contributed by atoms with Gasteiger partial charge in [-0.15, -0.1) is 11.3 Å². The fourth-order valence-corrected chi connectivity index (χ4v) is 0.678. The monoisotopic (exact) mass is 112 g/mol. The molecule has 0 spiro atoms. The van der Waals surface area contributed by atoms with Gasteiger partial charge in [0.1, 0.15) is 0 Å². The first-order chi connectivity index (χ1) is 3.43. The molecule has 0 saturated heterocycles. The lowest BCUT2D eigenvalue weighted by molar-refractivity contribution is 1.24. The molecule has 0 aliphatic carbocycles. The van der Waals surface area contributed by atoms with Crippen molar-refractivity contribution in [2.45, 2.75) is 0 Å². The Balaban J connectivity index is 2.96. The maximum Gasteiger partial charge on any atom is 0.231 e. The number of hydrogen-bond acceptors (Lipinski definition) is 3. The second kappa shape index (κ2) is 1.79. The molecule has 0 fully saturated rings. The molecule has 1 rings (SSSR count). The van der Waals surface area contributed by atoms with Gasteiger partial charge in [-0.3, -0.25) is 0 Å². The highest BCUT2D eigenvalue weighted by atomic mass is 32.1. The van der Waals surface area contributed by atoms with Crippen LogP contribution in [0, 0.1) is 0 Å². The molecule has 1 aromatic rings. The second-order valence-corrected chi connectivity index (χ2v) is 1.79. The van der Waals surface area contributed by atoms with Gasteiger partial charge >= 0.3 is 0 Å². The Labute approximate surface area is 44.5 Å². The predicted octanol–water partition coefficient (Wildman–Crippen LogP) is 1.03. The summed E-state index contributed by atoms with van der Waals surface area (Å²) in [5, 5.41) is 4.99. The van der Waals surface area contributed by atoms with E-state index in [0.717, 1.165) is 0 Å². The summed E-state index contributed by atoms with van der Waals surface area (Å²) in [6.07, 6.45) is 1.58. The van der Waals surface area contributed by atoms with Gasteiger partial charge in [-0.2, -0.15) is 0 Å². The van der Waals surface area contributed by atoms with Crippen LogP contribution in [0.3, 0.4) is 0 Å². The molecule has 0 aliphatic heterocycles. The number of hydrogen-bond donors (Lipinski definition) is 0. The van der Waals surface area contributed by atoms with Crippen LogP contribution in [-0.2, 0) is 0 Å². The third kappa shape index (κ3) is 0.806. The van der Waals surface area contributed by atoms with Crippen LogP contribution in [0.1, 0.15) is 0 Å². The Bertz CT molecular complexity index is 145. The molecule has 0 amide bonds. The van der Waals surface area contributed by atoms with Crippen LogP contribution in [0.2, 0.25) is 0 Å². The van der Waals surface area contributed by atoms with Crippen LogP contribution in [0.4, 0.5) is 5.13 Å². The fourth-order valence-electron chi connectivity index (χ4n) is 0.265. The van der Waals surface area contributed by atoms with Gasteiger partial charge in [0.05, 0.1) is 0 Å². The molecule has 35 valence electrons. The predicted molar refractivity (Wildman–Crippen MR) is 26.3 cm³/mol. The number of nitrogens with zero attached hydrogens (tertiary/aromatic N) is 3. The number of rotatable bonds is 1. The molecule has 1 heterocycles. The minimum Gasteiger partial charge on any atom is -0.225 e. The minimum absolute atomic E-state index is 0.403. The lowest BCUT2D eigenvalue weighted by Crippen LogP contribution is -1.52. The molecule has 1 aromatic heterocycles. The van der Waals surface area contributed by atoms with Crippen LogP contribution in [-0.4, -0.2) is 4.98 Å². The van der Waals surface area contributed by atoms with Crippen molar-refractivity contribution in [3.05, 3.63) is 11.6 Å². The number of aromatic nitrogens is 1. The van der Waals surface area contributed by atoms with Crippen LogP contribution < -0.4 is 5.53 Å². The Morgan fingerprint density at radius 3 is 3.00 bits per heavy atom. The second-order valence-electron chi connectivity index (χ2n) is 0.915. The first kappa shape index (κ1) is 4.39. The summed E-state index contributed by atoms with van der Waals surface area (Å²) < 4.78 is 0. The van der Waals surface area contributed by atoms with Crippen LogP contribution in [0.15, 0.2) is 16.7 Å². The van der Waals surface area contributed by atoms with Gasteiger partial charge < -0.3 is 0 Å². The van der Waals surface area contributed by atoms with Crippen LogP contribution in [0.5, 0.6) is 0 Å². The summed E-state index contributed by atoms with van der Waals surface area (Å²) in [7, 11) is 0. The molecule has 0 unspecified atom stereocenters. The van der Waals surface area contributed by atoms with E-state index >= 15 is 0 Å². The maximum atomic E-state index is 8.00. The smallest absolute Gasteiger partial charge is 0.225 e. The Kier molecular flexibility index (Phi) is 1.12. The van der Waals surface area contributed by atoms with Gasteiger partial charge in [0, 0.05) is 11.6 Å². The highest BCUT2D eigenvalue weighted by molar-refractivity contribution is 7.13. The van der Waals surface area contributed by atoms with Crippen molar-refractivity contribution in [1.29, 1.82) is 0 Å². The first-order valence-corrected chi connectivity index (χ1v) is 2.56. The zero-order chi connectivity index (χ0) is 5.11. The van der Waals surface area contributed by atoms with E-state index in [1.165, 1.54) is 11.3 Å². The molecule has 4 heteroatoms. The van der Waals surface area contributed by atoms with E-state index in [4.69, 9.17) is 5.53 Å². The van der Waals surface area contributed by atoms with Gasteiger partial charge in [-0.1, -0.05) is 5.11 Å². The average Bonchev–Trinajstić information content (AvgIpc) is 2.14. The maximum absolute atomic E-state index is 8.00. The third-order valence-corrected chi connectivity index (χ3v) is 1.16. The Hall–Kier alpha value is -0.770. The van der Waals surface area contributed by atoms with Crippen molar-refractivity contribution in [2.24, 2.45) is 5.11 Å². The normalized spacial score (nSPS) is 8.57. The van der Waals surface area contributed by atoms with Crippen molar-refractivity contribution in [3.8, 4) is 0 Å². The van der Waals surface area contributed by atoms with Gasteiger partial charge in [0.25, 0.3) is 0 Å². The molecule has 0 aliphatic rings. The molecule has 1 radical (unpaired) electrons. The molecule has 0 atom stereocenters. The fraction of sp³-hybridized carbons (Fsp3) is 0. The molecule has 0 bridgehead atoms. The SMILES string of the molecule is [N]=Nc1nccs1. The van der Waals surface area contributed by atoms with Crippen LogP contribution >= 0.6 is 11.3 Å². The van der Waals surface area contributed by atoms with E-state index in [-0.39, 0.29) is 0 Å². The molecule has 7 heavy (non-hydrogen) atoms. The third-order valence-electron chi connectivity index (χ3n) is 0.505. The lowest BCUT2D eigenvalue weighted by Gasteiger charge is -1.66. The molecule has 0 N–H and O–H groups in total. The topological polar surface area (TPSA) is 47.5 Å². The molecule has 0 saturated carbocycles. The molecule has 0 aromatic carbocycles. The van der Waals surface area contributed by atoms with E-state index in [0.29, 0.717) is 5.13 Å². The van der Waals surface area contributed by atoms with Crippen molar-refractivity contribution < 1.29 is 0 Å². The summed E-state index contributed by atoms with van der Waals surface area (Å²) in [6, 6.07) is 0. The summed E-state index contributed by atoms with van der Waals surface area (Å²) in [4.78, 5) is 3.64. The minimum atomic E-state index is 0.403. The zero-order valence-electron chi connectivity index (χ0n) is 3.40. The molecular formula is C3H2N3S. The first-order valence-electron chi connectivity index (χ1n) is 1.68. The highest BCUT2D eigenvalue weighted by Gasteiger charge is 1.84. The van der Waals surface area contributed by atoms with Crippen molar-refractivity contribution in [1.82, 2.24) is 10.5 Å². The van der Waals surface area contributed by atoms with Crippen molar-refractivity contribution >= 4 is 16.5 Å². The summed E-state index contributed by atoms with van der Waals surface area (Å²) >= 11 is 1.30. The van der Waals surface area contributed by atoms with Gasteiger partial charge in [-0.25, -0.2) is 4.98 Å². The van der Waals surface area contributed by atoms with Gasteiger partial charge in [-0.05, 0) is 5.53 Å². The van der Waals surface area contributed by atoms with Gasteiger partial charge in [0.15, 0.2) is 0 Å². The molecular weight excluding hydrogens is 110 g/mol. The zero-order valence-corrected chi connectivity index (χ0v) is 4.22. The standard InChI is InChI=1S/C3H2N3S/c4-6-3-5-1-2-7-3/h1-2H. The van der Waals surface area contributed by atoms with E-state index in [1.54, 1.807) is 11.6 Å².